The molecule has 1 unspecified atom stereocenters. The van der Waals surface area contributed by atoms with Crippen LogP contribution < -0.4 is 11.1 Å². The molecule has 0 spiro atoms. The number of allylic oxidation sites excluding steroid dienone is 3. The van der Waals surface area contributed by atoms with Gasteiger partial charge in [0.25, 0.3) is 0 Å². The number of hydrogen-bond donors (Lipinski definition) is 3. The first-order valence-electron chi connectivity index (χ1n) is 13.0. The molecule has 37 heavy (non-hydrogen) atoms. The number of nitrogens with one attached hydrogen (secondary N) is 1. The third-order valence-corrected chi connectivity index (χ3v) is 7.65. The van der Waals surface area contributed by atoms with Crippen molar-refractivity contribution in [3.8, 4) is 11.3 Å². The molecule has 186 valence electrons. The number of nitrogens with zero attached hydrogens (tertiary/aromatic N) is 2. The van der Waals surface area contributed by atoms with Crippen molar-refractivity contribution in [2.24, 2.45) is 11.7 Å². The number of primary amides is 1. The Bertz CT molecular complexity index is 1550. The number of fused-ring (bicyclic) bond motifs is 2. The average molecular weight is 491 g/mol. The third-order valence-electron chi connectivity index (χ3n) is 7.65. The summed E-state index contributed by atoms with van der Waals surface area (Å²) in [6.07, 6.45) is 11.6. The second-order valence-corrected chi connectivity index (χ2v) is 10.1. The van der Waals surface area contributed by atoms with E-state index in [1.165, 1.54) is 0 Å². The van der Waals surface area contributed by atoms with Crippen LogP contribution in [0.2, 0.25) is 0 Å². The van der Waals surface area contributed by atoms with Crippen molar-refractivity contribution < 1.29 is 9.90 Å². The molecule has 0 saturated heterocycles. The number of aromatic nitrogens is 2. The summed E-state index contributed by atoms with van der Waals surface area (Å²) in [6.45, 7) is 0. The summed E-state index contributed by atoms with van der Waals surface area (Å²) < 4.78 is 0. The van der Waals surface area contributed by atoms with E-state index in [0.717, 1.165) is 75.4 Å². The van der Waals surface area contributed by atoms with Crippen LogP contribution >= 0.6 is 0 Å². The first-order chi connectivity index (χ1) is 18.1. The van der Waals surface area contributed by atoms with Gasteiger partial charge in [-0.1, -0.05) is 42.5 Å². The second kappa shape index (κ2) is 9.79. The van der Waals surface area contributed by atoms with E-state index < -0.39 is 0 Å². The molecule has 1 amide bonds. The molecule has 6 heteroatoms. The van der Waals surface area contributed by atoms with Crippen molar-refractivity contribution in [3.63, 3.8) is 0 Å². The van der Waals surface area contributed by atoms with Gasteiger partial charge in [-0.25, -0.2) is 0 Å². The second-order valence-electron chi connectivity index (χ2n) is 10.1. The van der Waals surface area contributed by atoms with Crippen molar-refractivity contribution in [1.29, 1.82) is 0 Å². The molecular formula is C31H30N4O2. The van der Waals surface area contributed by atoms with Crippen molar-refractivity contribution in [3.05, 3.63) is 90.4 Å². The van der Waals surface area contributed by atoms with Crippen molar-refractivity contribution in [2.75, 3.05) is 0 Å². The Morgan fingerprint density at radius 1 is 0.973 bits per heavy atom. The number of carbonyl (C=O) groups excluding carboxylic acids is 1. The fourth-order valence-electron chi connectivity index (χ4n) is 5.64. The molecule has 6 nitrogen and oxygen atoms in total. The number of nitrogens with two attached hydrogens (primary N) is 1. The van der Waals surface area contributed by atoms with Gasteiger partial charge in [0.15, 0.2) is 0 Å². The molecule has 0 radical (unpaired) electrons. The van der Waals surface area contributed by atoms with E-state index in [4.69, 9.17) is 10.7 Å². The van der Waals surface area contributed by atoms with E-state index >= 15 is 0 Å². The van der Waals surface area contributed by atoms with E-state index in [9.17, 15) is 9.90 Å². The smallest absolute Gasteiger partial charge is 0.226 e. The van der Waals surface area contributed by atoms with Crippen LogP contribution in [-0.2, 0) is 4.79 Å². The SMILES string of the molecule is NC(=O)C1CC=C(c2cccc3c(-c4cnc5ccccc5c4)nccc23)C=C1NC1CCC(O)CC1. The minimum Gasteiger partial charge on any atom is -0.393 e. The Balaban J connectivity index is 1.39. The molecule has 0 aliphatic heterocycles. The molecule has 2 aromatic heterocycles. The highest BCUT2D eigenvalue weighted by molar-refractivity contribution is 6.03. The van der Waals surface area contributed by atoms with Gasteiger partial charge in [0.2, 0.25) is 5.91 Å². The molecule has 2 aliphatic carbocycles. The van der Waals surface area contributed by atoms with E-state index in [1.807, 2.05) is 36.7 Å². The lowest BCUT2D eigenvalue weighted by Crippen LogP contribution is -2.39. The summed E-state index contributed by atoms with van der Waals surface area (Å²) in [6, 6.07) is 18.8. The van der Waals surface area contributed by atoms with Gasteiger partial charge in [0.1, 0.15) is 0 Å². The first-order valence-corrected chi connectivity index (χ1v) is 13.0. The van der Waals surface area contributed by atoms with E-state index in [2.05, 4.69) is 52.8 Å². The van der Waals surface area contributed by atoms with Crippen LogP contribution in [0.5, 0.6) is 0 Å². The summed E-state index contributed by atoms with van der Waals surface area (Å²) in [7, 11) is 0. The van der Waals surface area contributed by atoms with Crippen LogP contribution in [0.15, 0.2) is 84.8 Å². The van der Waals surface area contributed by atoms with Gasteiger partial charge in [-0.05, 0) is 72.9 Å². The molecule has 1 atom stereocenters. The van der Waals surface area contributed by atoms with Crippen LogP contribution in [-0.4, -0.2) is 33.1 Å². The number of aliphatic hydroxyl groups is 1. The lowest BCUT2D eigenvalue weighted by Gasteiger charge is -2.31. The predicted octanol–water partition coefficient (Wildman–Crippen LogP) is 5.12. The van der Waals surface area contributed by atoms with Gasteiger partial charge >= 0.3 is 0 Å². The summed E-state index contributed by atoms with van der Waals surface area (Å²) in [5.74, 6) is -0.690. The van der Waals surface area contributed by atoms with Crippen LogP contribution in [0.25, 0.3) is 38.5 Å². The maximum Gasteiger partial charge on any atom is 0.226 e. The number of hydrogen-bond acceptors (Lipinski definition) is 5. The number of carbonyl (C=O) groups is 1. The fourth-order valence-corrected chi connectivity index (χ4v) is 5.64. The standard InChI is InChI=1S/C31H30N4O2/c32-31(37)27-13-8-19(17-29(27)35-22-9-11-23(36)12-10-22)24-5-3-6-26-25(24)14-15-33-30(26)21-16-20-4-1-2-7-28(20)34-18-21/h1-8,14-18,22-23,27,35-36H,9-13H2,(H2,32,37). The van der Waals surface area contributed by atoms with E-state index in [1.54, 1.807) is 0 Å². The topological polar surface area (TPSA) is 101 Å². The fraction of sp³-hybridized carbons (Fsp3) is 0.258. The lowest BCUT2D eigenvalue weighted by molar-refractivity contribution is -0.120. The molecule has 2 aromatic carbocycles. The summed E-state index contributed by atoms with van der Waals surface area (Å²) in [4.78, 5) is 21.6. The number of benzene rings is 2. The summed E-state index contributed by atoms with van der Waals surface area (Å²) in [5, 5.41) is 16.7. The van der Waals surface area contributed by atoms with Gasteiger partial charge in [-0.15, -0.1) is 0 Å². The van der Waals surface area contributed by atoms with Crippen molar-refractivity contribution in [1.82, 2.24) is 15.3 Å². The molecule has 2 heterocycles. The summed E-state index contributed by atoms with van der Waals surface area (Å²) in [5.41, 5.74) is 11.6. The third kappa shape index (κ3) is 4.60. The molecule has 0 bridgehead atoms. The number of para-hydroxylation sites is 1. The normalized spacial score (nSPS) is 21.9. The minimum absolute atomic E-state index is 0.225. The first kappa shape index (κ1) is 23.4. The highest BCUT2D eigenvalue weighted by Gasteiger charge is 2.27. The molecule has 4 aromatic rings. The Morgan fingerprint density at radius 2 is 1.81 bits per heavy atom. The van der Waals surface area contributed by atoms with Gasteiger partial charge < -0.3 is 16.2 Å². The Morgan fingerprint density at radius 3 is 2.65 bits per heavy atom. The zero-order chi connectivity index (χ0) is 25.4. The van der Waals surface area contributed by atoms with Crippen LogP contribution in [0.3, 0.4) is 0 Å². The Hall–Kier alpha value is -4.03. The van der Waals surface area contributed by atoms with Crippen molar-refractivity contribution >= 4 is 33.2 Å². The molecule has 2 aliphatic rings. The lowest BCUT2D eigenvalue weighted by atomic mass is 9.86. The number of aliphatic hydroxyl groups excluding tert-OH is 1. The largest absolute Gasteiger partial charge is 0.393 e. The van der Waals surface area contributed by atoms with Crippen LogP contribution in [0.4, 0.5) is 0 Å². The average Bonchev–Trinajstić information content (AvgIpc) is 2.93. The van der Waals surface area contributed by atoms with E-state index in [0.29, 0.717) is 6.42 Å². The number of pyridine rings is 2. The molecule has 1 fully saturated rings. The zero-order valence-electron chi connectivity index (χ0n) is 20.6. The Labute approximate surface area is 215 Å². The molecule has 6 rings (SSSR count). The number of rotatable bonds is 5. The quantitative estimate of drug-likeness (QED) is 0.361. The Kier molecular flexibility index (Phi) is 6.18. The van der Waals surface area contributed by atoms with Gasteiger partial charge in [-0.2, -0.15) is 0 Å². The summed E-state index contributed by atoms with van der Waals surface area (Å²) >= 11 is 0. The molecule has 1 saturated carbocycles. The van der Waals surface area contributed by atoms with E-state index in [-0.39, 0.29) is 24.0 Å². The molecule has 4 N–H and O–H groups in total. The van der Waals surface area contributed by atoms with Gasteiger partial charge in [0, 0.05) is 40.5 Å². The zero-order valence-corrected chi connectivity index (χ0v) is 20.6. The highest BCUT2D eigenvalue weighted by atomic mass is 16.3. The minimum atomic E-state index is -0.369. The monoisotopic (exact) mass is 490 g/mol. The maximum absolute atomic E-state index is 12.3. The predicted molar refractivity (Wildman–Crippen MR) is 147 cm³/mol. The van der Waals surface area contributed by atoms with Gasteiger partial charge in [-0.3, -0.25) is 14.8 Å². The molecular weight excluding hydrogens is 460 g/mol. The van der Waals surface area contributed by atoms with Crippen LogP contribution in [0.1, 0.15) is 37.7 Å². The maximum atomic E-state index is 12.3. The number of amides is 1. The highest BCUT2D eigenvalue weighted by Crippen LogP contribution is 2.36. The van der Waals surface area contributed by atoms with Crippen molar-refractivity contribution in [2.45, 2.75) is 44.2 Å². The van der Waals surface area contributed by atoms with Crippen LogP contribution in [0, 0.1) is 5.92 Å². The van der Waals surface area contributed by atoms with Gasteiger partial charge in [0.05, 0.1) is 23.2 Å².